The van der Waals surface area contributed by atoms with Crippen LogP contribution in [0.1, 0.15) is 29.0 Å². The first-order valence-electron chi connectivity index (χ1n) is 7.04. The Kier molecular flexibility index (Phi) is 5.18. The summed E-state index contributed by atoms with van der Waals surface area (Å²) in [6.07, 6.45) is 2.35. The lowest BCUT2D eigenvalue weighted by Gasteiger charge is -2.39. The monoisotopic (exact) mass is 297 g/mol. The van der Waals surface area contributed by atoms with Crippen molar-refractivity contribution < 1.29 is 14.6 Å². The van der Waals surface area contributed by atoms with E-state index >= 15 is 0 Å². The number of hydrogen-bond donors (Lipinski definition) is 1. The summed E-state index contributed by atoms with van der Waals surface area (Å²) in [4.78, 5) is 16.3. The van der Waals surface area contributed by atoms with Crippen molar-refractivity contribution in [1.82, 2.24) is 4.90 Å². The zero-order valence-electron chi connectivity index (χ0n) is 12.3. The zero-order valence-corrected chi connectivity index (χ0v) is 13.2. The van der Waals surface area contributed by atoms with E-state index in [4.69, 9.17) is 4.74 Å². The van der Waals surface area contributed by atoms with Gasteiger partial charge in [-0.1, -0.05) is 0 Å². The summed E-state index contributed by atoms with van der Waals surface area (Å²) in [6, 6.07) is 3.90. The smallest absolute Gasteiger partial charge is 0.227 e. The van der Waals surface area contributed by atoms with E-state index in [0.717, 1.165) is 24.1 Å². The lowest BCUT2D eigenvalue weighted by molar-refractivity contribution is -0.139. The Morgan fingerprint density at radius 1 is 1.50 bits per heavy atom. The van der Waals surface area contributed by atoms with Crippen molar-refractivity contribution in [1.29, 1.82) is 0 Å². The average Bonchev–Trinajstić information content (AvgIpc) is 2.83. The topological polar surface area (TPSA) is 49.8 Å². The van der Waals surface area contributed by atoms with Gasteiger partial charge in [-0.3, -0.25) is 4.79 Å². The standard InChI is InChI=1S/C15H23NO3S/c1-10-7-8-11(20-10)9-14(17)16(2)12-5-4-6-13(19-3)15(12)18/h7-8,12-13,15,18H,4-6,9H2,1-3H3/t12-,13-,15-/m1/s1. The number of methoxy groups -OCH3 is 1. The molecule has 20 heavy (non-hydrogen) atoms. The van der Waals surface area contributed by atoms with Gasteiger partial charge in [0.25, 0.3) is 0 Å². The molecule has 1 aromatic rings. The maximum atomic E-state index is 12.3. The molecule has 0 spiro atoms. The van der Waals surface area contributed by atoms with Crippen LogP contribution in [-0.4, -0.2) is 48.3 Å². The Bertz CT molecular complexity index is 460. The molecule has 112 valence electrons. The molecule has 1 aliphatic carbocycles. The first kappa shape index (κ1) is 15.5. The molecule has 1 N–H and O–H groups in total. The van der Waals surface area contributed by atoms with E-state index < -0.39 is 6.10 Å². The van der Waals surface area contributed by atoms with Crippen molar-refractivity contribution >= 4 is 17.2 Å². The van der Waals surface area contributed by atoms with Crippen LogP contribution in [0, 0.1) is 6.92 Å². The van der Waals surface area contributed by atoms with E-state index in [1.165, 1.54) is 4.88 Å². The van der Waals surface area contributed by atoms with Gasteiger partial charge in [-0.2, -0.15) is 0 Å². The highest BCUT2D eigenvalue weighted by molar-refractivity contribution is 7.12. The number of nitrogens with zero attached hydrogens (tertiary/aromatic N) is 1. The number of rotatable bonds is 4. The summed E-state index contributed by atoms with van der Waals surface area (Å²) in [5, 5.41) is 10.3. The summed E-state index contributed by atoms with van der Waals surface area (Å²) in [5.74, 6) is 0.0626. The first-order chi connectivity index (χ1) is 9.52. The van der Waals surface area contributed by atoms with Crippen LogP contribution in [0.4, 0.5) is 0 Å². The Balaban J connectivity index is 1.98. The summed E-state index contributed by atoms with van der Waals surface area (Å²) >= 11 is 1.65. The van der Waals surface area contributed by atoms with Gasteiger partial charge in [0.2, 0.25) is 5.91 Å². The second kappa shape index (κ2) is 6.70. The summed E-state index contributed by atoms with van der Waals surface area (Å²) < 4.78 is 5.30. The fourth-order valence-electron chi connectivity index (χ4n) is 2.84. The van der Waals surface area contributed by atoms with Gasteiger partial charge in [-0.05, 0) is 38.3 Å². The molecule has 1 heterocycles. The van der Waals surface area contributed by atoms with Gasteiger partial charge in [-0.15, -0.1) is 11.3 Å². The number of hydrogen-bond acceptors (Lipinski definition) is 4. The molecule has 0 radical (unpaired) electrons. The number of carbonyl (C=O) groups is 1. The molecule has 5 heteroatoms. The predicted molar refractivity (Wildman–Crippen MR) is 80.0 cm³/mol. The van der Waals surface area contributed by atoms with Crippen LogP contribution in [0.25, 0.3) is 0 Å². The van der Waals surface area contributed by atoms with E-state index in [-0.39, 0.29) is 18.1 Å². The molecule has 1 aliphatic rings. The van der Waals surface area contributed by atoms with Crippen molar-refractivity contribution in [2.45, 2.75) is 50.9 Å². The molecule has 0 bridgehead atoms. The highest BCUT2D eigenvalue weighted by Crippen LogP contribution is 2.25. The fraction of sp³-hybridized carbons (Fsp3) is 0.667. The molecular weight excluding hydrogens is 274 g/mol. The molecule has 0 saturated heterocycles. The number of ether oxygens (including phenoxy) is 1. The lowest BCUT2D eigenvalue weighted by Crippen LogP contribution is -2.52. The van der Waals surface area contributed by atoms with Crippen LogP contribution in [-0.2, 0) is 16.0 Å². The minimum absolute atomic E-state index is 0.0626. The van der Waals surface area contributed by atoms with Gasteiger partial charge >= 0.3 is 0 Å². The Morgan fingerprint density at radius 3 is 2.85 bits per heavy atom. The molecule has 1 amide bonds. The average molecular weight is 297 g/mol. The normalized spacial score (nSPS) is 26.5. The highest BCUT2D eigenvalue weighted by atomic mass is 32.1. The van der Waals surface area contributed by atoms with Crippen LogP contribution >= 0.6 is 11.3 Å². The minimum atomic E-state index is -0.590. The van der Waals surface area contributed by atoms with E-state index in [1.54, 1.807) is 30.4 Å². The van der Waals surface area contributed by atoms with Crippen molar-refractivity contribution in [2.75, 3.05) is 14.2 Å². The van der Waals surface area contributed by atoms with Gasteiger partial charge in [-0.25, -0.2) is 0 Å². The number of amides is 1. The molecule has 0 aromatic carbocycles. The van der Waals surface area contributed by atoms with Crippen molar-refractivity contribution in [2.24, 2.45) is 0 Å². The SMILES string of the molecule is CO[C@@H]1CCC[C@@H](N(C)C(=O)Cc2ccc(C)s2)[C@H]1O. The molecule has 0 unspecified atom stereocenters. The third-order valence-electron chi connectivity index (χ3n) is 4.08. The van der Waals surface area contributed by atoms with Gasteiger partial charge in [0.1, 0.15) is 6.10 Å². The highest BCUT2D eigenvalue weighted by Gasteiger charge is 2.35. The molecule has 2 rings (SSSR count). The Labute approximate surface area is 124 Å². The van der Waals surface area contributed by atoms with Crippen molar-refractivity contribution in [3.05, 3.63) is 21.9 Å². The quantitative estimate of drug-likeness (QED) is 0.924. The predicted octanol–water partition coefficient (Wildman–Crippen LogP) is 1.99. The number of aliphatic hydroxyl groups is 1. The molecule has 1 fully saturated rings. The van der Waals surface area contributed by atoms with E-state index in [1.807, 2.05) is 19.1 Å². The third-order valence-corrected chi connectivity index (χ3v) is 5.08. The van der Waals surface area contributed by atoms with E-state index in [9.17, 15) is 9.90 Å². The molecule has 4 nitrogen and oxygen atoms in total. The van der Waals surface area contributed by atoms with Crippen LogP contribution in [0.2, 0.25) is 0 Å². The van der Waals surface area contributed by atoms with Crippen LogP contribution in [0.5, 0.6) is 0 Å². The lowest BCUT2D eigenvalue weighted by atomic mass is 9.89. The molecule has 3 atom stereocenters. The Hall–Kier alpha value is -0.910. The number of aliphatic hydroxyl groups excluding tert-OH is 1. The summed E-state index contributed by atoms with van der Waals surface area (Å²) in [6.45, 7) is 2.04. The third kappa shape index (κ3) is 3.40. The van der Waals surface area contributed by atoms with Crippen LogP contribution < -0.4 is 0 Å². The molecule has 1 aromatic heterocycles. The second-order valence-electron chi connectivity index (χ2n) is 5.46. The van der Waals surface area contributed by atoms with Crippen molar-refractivity contribution in [3.63, 3.8) is 0 Å². The number of aryl methyl sites for hydroxylation is 1. The Morgan fingerprint density at radius 2 is 2.25 bits per heavy atom. The molecular formula is C15H23NO3S. The zero-order chi connectivity index (χ0) is 14.7. The largest absolute Gasteiger partial charge is 0.388 e. The summed E-state index contributed by atoms with van der Waals surface area (Å²) in [7, 11) is 3.40. The van der Waals surface area contributed by atoms with Gasteiger partial charge in [0.05, 0.1) is 18.6 Å². The maximum Gasteiger partial charge on any atom is 0.227 e. The first-order valence-corrected chi connectivity index (χ1v) is 7.86. The van der Waals surface area contributed by atoms with Gasteiger partial charge in [0, 0.05) is 23.9 Å². The van der Waals surface area contributed by atoms with Crippen LogP contribution in [0.15, 0.2) is 12.1 Å². The number of carbonyl (C=O) groups excluding carboxylic acids is 1. The number of thiophene rings is 1. The molecule has 1 saturated carbocycles. The molecule has 0 aliphatic heterocycles. The van der Waals surface area contributed by atoms with Gasteiger partial charge < -0.3 is 14.7 Å². The van der Waals surface area contributed by atoms with Crippen LogP contribution in [0.3, 0.4) is 0 Å². The minimum Gasteiger partial charge on any atom is -0.388 e. The summed E-state index contributed by atoms with van der Waals surface area (Å²) in [5.41, 5.74) is 0. The maximum absolute atomic E-state index is 12.3. The fourth-order valence-corrected chi connectivity index (χ4v) is 3.72. The number of likely N-dealkylation sites (N-methyl/N-ethyl adjacent to an activating group) is 1. The van der Waals surface area contributed by atoms with Gasteiger partial charge in [0.15, 0.2) is 0 Å². The second-order valence-corrected chi connectivity index (χ2v) is 6.83. The van der Waals surface area contributed by atoms with Crippen molar-refractivity contribution in [3.8, 4) is 0 Å². The van der Waals surface area contributed by atoms with E-state index in [2.05, 4.69) is 0 Å². The van der Waals surface area contributed by atoms with E-state index in [0.29, 0.717) is 6.42 Å².